The van der Waals surface area contributed by atoms with Crippen molar-refractivity contribution in [2.45, 2.75) is 70.2 Å². The van der Waals surface area contributed by atoms with Gasteiger partial charge in [-0.3, -0.25) is 14.2 Å². The third-order valence-corrected chi connectivity index (χ3v) is 9.47. The highest BCUT2D eigenvalue weighted by Gasteiger charge is 2.43. The number of thioether (sulfide) groups is 1. The van der Waals surface area contributed by atoms with Gasteiger partial charge in [0.05, 0.1) is 18.3 Å². The molecule has 1 saturated heterocycles. The van der Waals surface area contributed by atoms with Crippen molar-refractivity contribution < 1.29 is 23.5 Å². The van der Waals surface area contributed by atoms with Gasteiger partial charge in [0.2, 0.25) is 5.91 Å². The number of para-hydroxylation sites is 1. The molecular weight excluding hydrogens is 507 g/mol. The van der Waals surface area contributed by atoms with Crippen molar-refractivity contribution >= 4 is 23.6 Å². The average Bonchev–Trinajstić information content (AvgIpc) is 3.67. The van der Waals surface area contributed by atoms with Gasteiger partial charge in [0.25, 0.3) is 0 Å². The number of hydrogen-bond acceptors (Lipinski definition) is 7. The first-order valence-corrected chi connectivity index (χ1v) is 14.8. The Labute approximate surface area is 227 Å². The minimum Gasteiger partial charge on any atom is -0.483 e. The van der Waals surface area contributed by atoms with Gasteiger partial charge in [-0.2, -0.15) is 0 Å². The van der Waals surface area contributed by atoms with Crippen molar-refractivity contribution in [2.24, 2.45) is 23.7 Å². The molecule has 5 rings (SSSR count). The van der Waals surface area contributed by atoms with E-state index in [-0.39, 0.29) is 41.9 Å². The van der Waals surface area contributed by atoms with Crippen LogP contribution >= 0.6 is 11.8 Å². The first kappa shape index (κ1) is 27.0. The molecule has 0 spiro atoms. The number of esters is 1. The van der Waals surface area contributed by atoms with Gasteiger partial charge >= 0.3 is 5.97 Å². The molecule has 0 unspecified atom stereocenters. The van der Waals surface area contributed by atoms with Crippen LogP contribution in [0.3, 0.4) is 0 Å². The molecule has 2 aromatic rings. The Morgan fingerprint density at radius 2 is 1.92 bits per heavy atom. The second-order valence-corrected chi connectivity index (χ2v) is 11.7. The van der Waals surface area contributed by atoms with E-state index >= 15 is 0 Å². The summed E-state index contributed by atoms with van der Waals surface area (Å²) in [6.45, 7) is 5.62. The number of carbonyl (C=O) groups excluding carboxylic acids is 2. The van der Waals surface area contributed by atoms with Crippen molar-refractivity contribution in [3.05, 3.63) is 35.9 Å². The number of ether oxygens (including phenoxy) is 2. The number of nitrogens with zero attached hydrogens (tertiary/aromatic N) is 4. The van der Waals surface area contributed by atoms with Gasteiger partial charge < -0.3 is 14.4 Å². The van der Waals surface area contributed by atoms with Crippen LogP contribution in [0.2, 0.25) is 0 Å². The molecule has 206 valence electrons. The molecule has 1 amide bonds. The summed E-state index contributed by atoms with van der Waals surface area (Å²) < 4.78 is 27.2. The summed E-state index contributed by atoms with van der Waals surface area (Å²) >= 11 is 1.39. The van der Waals surface area contributed by atoms with Crippen LogP contribution in [0.25, 0.3) is 0 Å². The Bertz CT molecular complexity index is 1140. The Morgan fingerprint density at radius 1 is 1.13 bits per heavy atom. The van der Waals surface area contributed by atoms with E-state index in [1.54, 1.807) is 18.2 Å². The summed E-state index contributed by atoms with van der Waals surface area (Å²) in [5, 5.41) is 9.57. The second kappa shape index (κ2) is 12.1. The normalized spacial score (nSPS) is 24.0. The van der Waals surface area contributed by atoms with Crippen LogP contribution in [0, 0.1) is 29.5 Å². The molecule has 8 nitrogen and oxygen atoms in total. The number of amides is 1. The SMILES string of the molecule is CCOC(=O)C1CCN(C(=O)CSc2nnc(COc3ccccc3F)n2[C@@H](C)[C@@H]2C[C@@H]3CC[C@@H]2C3)CC1. The summed E-state index contributed by atoms with van der Waals surface area (Å²) in [5.74, 6) is 2.45. The summed E-state index contributed by atoms with van der Waals surface area (Å²) in [6, 6.07) is 6.52. The molecule has 38 heavy (non-hydrogen) atoms. The van der Waals surface area contributed by atoms with Gasteiger partial charge in [-0.05, 0) is 75.8 Å². The van der Waals surface area contributed by atoms with Gasteiger partial charge in [-0.25, -0.2) is 4.39 Å². The van der Waals surface area contributed by atoms with Gasteiger partial charge in [-0.15, -0.1) is 10.2 Å². The number of benzene rings is 1. The lowest BCUT2D eigenvalue weighted by atomic mass is 9.84. The zero-order valence-electron chi connectivity index (χ0n) is 22.2. The number of rotatable bonds is 10. The maximum Gasteiger partial charge on any atom is 0.309 e. The quantitative estimate of drug-likeness (QED) is 0.311. The van der Waals surface area contributed by atoms with E-state index < -0.39 is 5.82 Å². The third kappa shape index (κ3) is 5.84. The molecule has 0 radical (unpaired) electrons. The molecule has 2 bridgehead atoms. The Hall–Kier alpha value is -2.62. The number of aromatic nitrogens is 3. The Balaban J connectivity index is 1.25. The first-order valence-electron chi connectivity index (χ1n) is 13.8. The topological polar surface area (TPSA) is 86.6 Å². The van der Waals surface area contributed by atoms with Gasteiger partial charge in [0, 0.05) is 19.1 Å². The van der Waals surface area contributed by atoms with Crippen LogP contribution in [-0.2, 0) is 20.9 Å². The molecule has 3 fully saturated rings. The van der Waals surface area contributed by atoms with Crippen molar-refractivity contribution in [1.29, 1.82) is 0 Å². The molecule has 10 heteroatoms. The fourth-order valence-electron chi connectivity index (χ4n) is 6.54. The van der Waals surface area contributed by atoms with Crippen LogP contribution in [0.1, 0.15) is 64.2 Å². The van der Waals surface area contributed by atoms with E-state index in [0.717, 1.165) is 5.92 Å². The van der Waals surface area contributed by atoms with Gasteiger partial charge in [0.15, 0.2) is 22.5 Å². The molecule has 3 aliphatic rings. The predicted octanol–water partition coefficient (Wildman–Crippen LogP) is 4.89. The summed E-state index contributed by atoms with van der Waals surface area (Å²) in [4.78, 5) is 26.9. The number of piperidine rings is 1. The minimum absolute atomic E-state index is 0.0311. The van der Waals surface area contributed by atoms with Crippen LogP contribution in [0.4, 0.5) is 4.39 Å². The van der Waals surface area contributed by atoms with Crippen molar-refractivity contribution in [1.82, 2.24) is 19.7 Å². The van der Waals surface area contributed by atoms with Crippen LogP contribution < -0.4 is 4.74 Å². The highest BCUT2D eigenvalue weighted by atomic mass is 32.2. The number of likely N-dealkylation sites (tertiary alicyclic amines) is 1. The molecule has 2 saturated carbocycles. The molecule has 1 aromatic carbocycles. The Kier molecular flexibility index (Phi) is 8.55. The molecule has 1 aromatic heterocycles. The van der Waals surface area contributed by atoms with Crippen LogP contribution in [0.15, 0.2) is 29.4 Å². The van der Waals surface area contributed by atoms with E-state index in [1.165, 1.54) is 43.5 Å². The lowest BCUT2D eigenvalue weighted by Gasteiger charge is -2.31. The number of carbonyl (C=O) groups is 2. The number of halogens is 1. The fourth-order valence-corrected chi connectivity index (χ4v) is 7.48. The standard InChI is InChI=1S/C28H37FN4O4S/c1-3-36-27(35)20-10-12-32(13-11-20)26(34)17-38-28-31-30-25(16-37-24-7-5-4-6-23(24)29)33(28)18(2)22-15-19-8-9-21(22)14-19/h4-7,18-22H,3,8-17H2,1-2H3/t18-,19+,21+,22-/m0/s1. The smallest absolute Gasteiger partial charge is 0.309 e. The molecule has 1 aliphatic heterocycles. The Morgan fingerprint density at radius 3 is 2.61 bits per heavy atom. The summed E-state index contributed by atoms with van der Waals surface area (Å²) in [5.41, 5.74) is 0. The lowest BCUT2D eigenvalue weighted by Crippen LogP contribution is -2.41. The minimum atomic E-state index is -0.411. The zero-order chi connectivity index (χ0) is 26.6. The largest absolute Gasteiger partial charge is 0.483 e. The first-order chi connectivity index (χ1) is 18.4. The molecule has 2 aliphatic carbocycles. The van der Waals surface area contributed by atoms with Crippen molar-refractivity contribution in [3.63, 3.8) is 0 Å². The van der Waals surface area contributed by atoms with E-state index in [0.29, 0.717) is 55.4 Å². The number of fused-ring (bicyclic) bond motifs is 2. The predicted molar refractivity (Wildman–Crippen MR) is 141 cm³/mol. The molecule has 2 heterocycles. The fraction of sp³-hybridized carbons (Fsp3) is 0.643. The number of hydrogen-bond donors (Lipinski definition) is 0. The van der Waals surface area contributed by atoms with E-state index in [2.05, 4.69) is 21.7 Å². The highest BCUT2D eigenvalue weighted by Crippen LogP contribution is 2.52. The summed E-state index contributed by atoms with van der Waals surface area (Å²) in [7, 11) is 0. The lowest BCUT2D eigenvalue weighted by molar-refractivity contribution is -0.151. The summed E-state index contributed by atoms with van der Waals surface area (Å²) in [6.07, 6.45) is 6.35. The highest BCUT2D eigenvalue weighted by molar-refractivity contribution is 7.99. The molecule has 0 N–H and O–H groups in total. The van der Waals surface area contributed by atoms with Gasteiger partial charge in [0.1, 0.15) is 6.61 Å². The van der Waals surface area contributed by atoms with Crippen LogP contribution in [-0.4, -0.2) is 57.0 Å². The van der Waals surface area contributed by atoms with Gasteiger partial charge in [-0.1, -0.05) is 30.3 Å². The third-order valence-electron chi connectivity index (χ3n) is 8.54. The maximum atomic E-state index is 14.2. The van der Waals surface area contributed by atoms with E-state index in [4.69, 9.17) is 9.47 Å². The average molecular weight is 545 g/mol. The second-order valence-electron chi connectivity index (χ2n) is 10.8. The van der Waals surface area contributed by atoms with Crippen LogP contribution in [0.5, 0.6) is 5.75 Å². The van der Waals surface area contributed by atoms with E-state index in [1.807, 2.05) is 11.8 Å². The van der Waals surface area contributed by atoms with Crippen molar-refractivity contribution in [2.75, 3.05) is 25.4 Å². The molecular formula is C28H37FN4O4S. The maximum absolute atomic E-state index is 14.2. The monoisotopic (exact) mass is 544 g/mol. The van der Waals surface area contributed by atoms with E-state index in [9.17, 15) is 14.0 Å². The van der Waals surface area contributed by atoms with Crippen molar-refractivity contribution in [3.8, 4) is 5.75 Å². The molecule has 4 atom stereocenters. The zero-order valence-corrected chi connectivity index (χ0v) is 23.0.